The number of allylic oxidation sites excluding steroid dienone is 4. The van der Waals surface area contributed by atoms with E-state index in [9.17, 15) is 9.59 Å². The molecule has 17 atom stereocenters. The Hall–Kier alpha value is -1.70. The van der Waals surface area contributed by atoms with E-state index < -0.39 is 12.4 Å². The fraction of sp³-hybridized carbons (Fsp3) is 0.857. The Labute approximate surface area is 316 Å². The molecule has 298 valence electrons. The number of methoxy groups -OCH3 is 3. The van der Waals surface area contributed by atoms with Crippen molar-refractivity contribution >= 4 is 11.8 Å². The number of nitrogens with zero attached hydrogens (tertiary/aromatic N) is 1. The van der Waals surface area contributed by atoms with Crippen LogP contribution in [0.3, 0.4) is 0 Å². The van der Waals surface area contributed by atoms with Crippen LogP contribution in [-0.4, -0.2) is 120 Å². The van der Waals surface area contributed by atoms with Gasteiger partial charge in [-0.25, -0.2) is 0 Å². The molecule has 0 amide bonds. The van der Waals surface area contributed by atoms with Gasteiger partial charge in [0.25, 0.3) is 0 Å². The van der Waals surface area contributed by atoms with Crippen molar-refractivity contribution in [2.45, 2.75) is 152 Å². The largest absolute Gasteiger partial charge is 0.462 e. The van der Waals surface area contributed by atoms with Gasteiger partial charge in [0.15, 0.2) is 18.4 Å². The molecule has 0 radical (unpaired) electrons. The van der Waals surface area contributed by atoms with E-state index in [1.54, 1.807) is 21.3 Å². The molecular weight excluding hydrogens is 678 g/mol. The standard InChI is InChI=1S/C42H65NO10/c1-22-34(53-37-17-16-33(43(4)5)23(2)49-37)10-9-11-35(25-12-13-25)52-36(44)21-31-28-15-14-26-18-27(19-29(26)30(28)20-32(31)38(22)45)51-42-41(48-8)40(47-7)39(46-6)24(3)50-42/h14-15,20,22-31,33-35,37,39-42H,9-13,16-19,21H2,1-8H3/t22-,23-,24+,26-,27-,28-,29-,30-,31+,33+,34+,35-,37+,39+,40-,41-,42+/m1/s1. The molecule has 2 saturated carbocycles. The van der Waals surface area contributed by atoms with Gasteiger partial charge in [-0.05, 0) is 121 Å². The van der Waals surface area contributed by atoms with Gasteiger partial charge in [-0.15, -0.1) is 0 Å². The van der Waals surface area contributed by atoms with Crippen LogP contribution in [0.25, 0.3) is 0 Å². The Balaban J connectivity index is 1.10. The summed E-state index contributed by atoms with van der Waals surface area (Å²) in [5.74, 6) is 0.554. The molecule has 5 fully saturated rings. The first-order valence-corrected chi connectivity index (χ1v) is 20.5. The number of cyclic esters (lactones) is 1. The van der Waals surface area contributed by atoms with Gasteiger partial charge in [-0.3, -0.25) is 9.59 Å². The lowest BCUT2D eigenvalue weighted by atomic mass is 9.70. The second-order valence-electron chi connectivity index (χ2n) is 17.3. The van der Waals surface area contributed by atoms with E-state index >= 15 is 0 Å². The number of likely N-dealkylation sites (N-methyl/N-ethyl adjacent to an activating group) is 1. The van der Waals surface area contributed by atoms with Crippen molar-refractivity contribution in [1.29, 1.82) is 0 Å². The Bertz CT molecular complexity index is 1350. The predicted octanol–water partition coefficient (Wildman–Crippen LogP) is 5.49. The van der Waals surface area contributed by atoms with Crippen LogP contribution in [0.1, 0.15) is 85.0 Å². The zero-order chi connectivity index (χ0) is 37.6. The molecule has 53 heavy (non-hydrogen) atoms. The van der Waals surface area contributed by atoms with Gasteiger partial charge in [0, 0.05) is 39.2 Å². The molecule has 0 bridgehead atoms. The Morgan fingerprint density at radius 3 is 2.21 bits per heavy atom. The topological polar surface area (TPSA) is 111 Å². The molecule has 7 rings (SSSR count). The molecule has 3 aliphatic heterocycles. The summed E-state index contributed by atoms with van der Waals surface area (Å²) >= 11 is 0. The molecule has 3 saturated heterocycles. The van der Waals surface area contributed by atoms with Crippen molar-refractivity contribution in [3.63, 3.8) is 0 Å². The first-order chi connectivity index (χ1) is 25.5. The number of carbonyl (C=O) groups excluding carboxylic acids is 2. The average molecular weight is 744 g/mol. The Kier molecular flexibility index (Phi) is 12.5. The third-order valence-corrected chi connectivity index (χ3v) is 13.9. The fourth-order valence-corrected chi connectivity index (χ4v) is 10.9. The molecule has 0 unspecified atom stereocenters. The van der Waals surface area contributed by atoms with Gasteiger partial charge in [0.2, 0.25) is 0 Å². The number of ketones is 1. The van der Waals surface area contributed by atoms with Gasteiger partial charge in [0.05, 0.1) is 30.8 Å². The second kappa shape index (κ2) is 16.8. The van der Waals surface area contributed by atoms with Crippen molar-refractivity contribution in [3.05, 3.63) is 23.8 Å². The lowest BCUT2D eigenvalue weighted by Gasteiger charge is -2.44. The van der Waals surface area contributed by atoms with Crippen LogP contribution >= 0.6 is 0 Å². The van der Waals surface area contributed by atoms with Crippen molar-refractivity contribution in [1.82, 2.24) is 4.90 Å². The molecule has 0 aromatic carbocycles. The van der Waals surface area contributed by atoms with E-state index in [0.717, 1.165) is 63.4 Å². The normalized spacial score (nSPS) is 46.5. The number of hydrogen-bond acceptors (Lipinski definition) is 11. The number of hydrogen-bond donors (Lipinski definition) is 0. The van der Waals surface area contributed by atoms with E-state index in [2.05, 4.69) is 44.1 Å². The maximum Gasteiger partial charge on any atom is 0.306 e. The third kappa shape index (κ3) is 8.24. The summed E-state index contributed by atoms with van der Waals surface area (Å²) in [6.45, 7) is 6.12. The zero-order valence-corrected chi connectivity index (χ0v) is 33.2. The highest BCUT2D eigenvalue weighted by Gasteiger charge is 2.53. The minimum absolute atomic E-state index is 0.0424. The van der Waals surface area contributed by atoms with Gasteiger partial charge in [-0.1, -0.05) is 25.2 Å². The minimum atomic E-state index is -0.591. The molecule has 0 aromatic heterocycles. The number of Topliss-reactive ketones (excluding diaryl/α,β-unsaturated/α-hetero) is 1. The Morgan fingerprint density at radius 1 is 0.774 bits per heavy atom. The molecule has 0 aromatic rings. The van der Waals surface area contributed by atoms with Crippen LogP contribution in [0.15, 0.2) is 23.8 Å². The quantitative estimate of drug-likeness (QED) is 0.221. The molecule has 7 aliphatic rings. The van der Waals surface area contributed by atoms with Crippen LogP contribution < -0.4 is 0 Å². The number of ether oxygens (including phenoxy) is 8. The number of carbonyl (C=O) groups is 2. The summed E-state index contributed by atoms with van der Waals surface area (Å²) in [7, 11) is 9.17. The maximum atomic E-state index is 14.7. The van der Waals surface area contributed by atoms with Crippen LogP contribution in [0.4, 0.5) is 0 Å². The Morgan fingerprint density at radius 2 is 1.53 bits per heavy atom. The van der Waals surface area contributed by atoms with Crippen LogP contribution in [0.5, 0.6) is 0 Å². The second-order valence-corrected chi connectivity index (χ2v) is 17.3. The van der Waals surface area contributed by atoms with Crippen molar-refractivity contribution in [2.75, 3.05) is 35.4 Å². The average Bonchev–Trinajstić information content (AvgIpc) is 3.80. The SMILES string of the molecule is CO[C@@H]1[C@@H](OC)[C@H](C)O[C@@H](O[C@H]2C[C@H]3[C@@H]4C=C5C(=O)[C@H](C)[C@@H](O[C@H]6CC[C@H](N(C)C)[C@@H](C)O6)CCC[C@H](C6CC6)OC(=O)C[C@H]5[C@@H]4C=C[C@@H]3C2)[C@@H]1OC. The van der Waals surface area contributed by atoms with E-state index in [-0.39, 0.29) is 96.8 Å². The summed E-state index contributed by atoms with van der Waals surface area (Å²) in [5.41, 5.74) is 0.777. The highest BCUT2D eigenvalue weighted by atomic mass is 16.7. The van der Waals surface area contributed by atoms with Crippen molar-refractivity contribution in [3.8, 4) is 0 Å². The van der Waals surface area contributed by atoms with Gasteiger partial charge in [-0.2, -0.15) is 0 Å². The van der Waals surface area contributed by atoms with Crippen LogP contribution in [0.2, 0.25) is 0 Å². The first-order valence-electron chi connectivity index (χ1n) is 20.5. The summed E-state index contributed by atoms with van der Waals surface area (Å²) in [5, 5.41) is 0. The van der Waals surface area contributed by atoms with E-state index in [0.29, 0.717) is 17.9 Å². The number of rotatable bonds is 9. The van der Waals surface area contributed by atoms with Gasteiger partial charge in [0.1, 0.15) is 24.4 Å². The molecule has 3 heterocycles. The number of esters is 1. The molecule has 11 heteroatoms. The highest BCUT2D eigenvalue weighted by molar-refractivity contribution is 5.99. The summed E-state index contributed by atoms with van der Waals surface area (Å²) < 4.78 is 49.8. The van der Waals surface area contributed by atoms with Gasteiger partial charge >= 0.3 is 5.97 Å². The van der Waals surface area contributed by atoms with Gasteiger partial charge < -0.3 is 42.8 Å². The zero-order valence-electron chi connectivity index (χ0n) is 33.2. The molecule has 11 nitrogen and oxygen atoms in total. The highest BCUT2D eigenvalue weighted by Crippen LogP contribution is 2.54. The lowest BCUT2D eigenvalue weighted by molar-refractivity contribution is -0.314. The molecular formula is C42H65NO10. The summed E-state index contributed by atoms with van der Waals surface area (Å²) in [6.07, 6.45) is 12.6. The van der Waals surface area contributed by atoms with Crippen LogP contribution in [0, 0.1) is 41.4 Å². The smallest absolute Gasteiger partial charge is 0.306 e. The van der Waals surface area contributed by atoms with E-state index in [1.807, 2.05) is 13.8 Å². The van der Waals surface area contributed by atoms with E-state index in [4.69, 9.17) is 37.9 Å². The lowest BCUT2D eigenvalue weighted by Crippen LogP contribution is -2.59. The molecule has 0 spiro atoms. The minimum Gasteiger partial charge on any atom is -0.462 e. The summed E-state index contributed by atoms with van der Waals surface area (Å²) in [4.78, 5) is 30.6. The molecule has 4 aliphatic carbocycles. The monoisotopic (exact) mass is 743 g/mol. The maximum absolute atomic E-state index is 14.7. The van der Waals surface area contributed by atoms with Crippen molar-refractivity contribution < 1.29 is 47.5 Å². The van der Waals surface area contributed by atoms with Crippen molar-refractivity contribution in [2.24, 2.45) is 41.4 Å². The van der Waals surface area contributed by atoms with Crippen LogP contribution in [-0.2, 0) is 47.5 Å². The van der Waals surface area contributed by atoms with E-state index in [1.165, 1.54) is 0 Å². The molecule has 0 N–H and O–H groups in total. The fourth-order valence-electron chi connectivity index (χ4n) is 10.9. The predicted molar refractivity (Wildman–Crippen MR) is 197 cm³/mol. The number of fused-ring (bicyclic) bond motifs is 5. The third-order valence-electron chi connectivity index (χ3n) is 13.9. The summed E-state index contributed by atoms with van der Waals surface area (Å²) in [6, 6.07) is 0.342. The first kappa shape index (κ1) is 39.5.